The number of hydrogen-bond donors (Lipinski definition) is 1. The van der Waals surface area contributed by atoms with Crippen LogP contribution in [-0.2, 0) is 0 Å². The van der Waals surface area contributed by atoms with Gasteiger partial charge in [0.15, 0.2) is 0 Å². The largest absolute Gasteiger partial charge is 0.489 e. The second kappa shape index (κ2) is 7.57. The molecule has 1 aliphatic rings. The van der Waals surface area contributed by atoms with Gasteiger partial charge in [-0.1, -0.05) is 6.92 Å². The number of ether oxygens (including phenoxy) is 1. The predicted molar refractivity (Wildman–Crippen MR) is 89.7 cm³/mol. The number of thioether (sulfide) groups is 2. The summed E-state index contributed by atoms with van der Waals surface area (Å²) in [7, 11) is 0. The summed E-state index contributed by atoms with van der Waals surface area (Å²) in [6.07, 6.45) is 4.97. The quantitative estimate of drug-likeness (QED) is 0.902. The molecule has 2 heterocycles. The average Bonchev–Trinajstić information content (AvgIpc) is 2.46. The Labute approximate surface area is 130 Å². The molecule has 20 heavy (non-hydrogen) atoms. The number of hydrogen-bond acceptors (Lipinski definition) is 5. The molecule has 0 aromatic carbocycles. The first-order valence-corrected chi connectivity index (χ1v) is 9.32. The van der Waals surface area contributed by atoms with Crippen LogP contribution in [0.2, 0.25) is 0 Å². The fourth-order valence-corrected chi connectivity index (χ4v) is 5.60. The van der Waals surface area contributed by atoms with Gasteiger partial charge < -0.3 is 10.5 Å². The van der Waals surface area contributed by atoms with Gasteiger partial charge in [0.2, 0.25) is 0 Å². The second-order valence-electron chi connectivity index (χ2n) is 5.30. The maximum absolute atomic E-state index is 6.51. The van der Waals surface area contributed by atoms with E-state index < -0.39 is 0 Å². The molecule has 2 rings (SSSR count). The van der Waals surface area contributed by atoms with Crippen molar-refractivity contribution in [1.82, 2.24) is 4.98 Å². The summed E-state index contributed by atoms with van der Waals surface area (Å²) in [6, 6.07) is 2.07. The monoisotopic (exact) mass is 312 g/mol. The third kappa shape index (κ3) is 4.06. The van der Waals surface area contributed by atoms with Crippen LogP contribution in [0.3, 0.4) is 0 Å². The molecule has 0 saturated carbocycles. The maximum Gasteiger partial charge on any atom is 0.138 e. The highest BCUT2D eigenvalue weighted by molar-refractivity contribution is 8.07. The van der Waals surface area contributed by atoms with Crippen molar-refractivity contribution in [2.45, 2.75) is 49.8 Å². The van der Waals surface area contributed by atoms with Crippen LogP contribution >= 0.6 is 23.5 Å². The van der Waals surface area contributed by atoms with Gasteiger partial charge in [0.1, 0.15) is 5.75 Å². The van der Waals surface area contributed by atoms with Gasteiger partial charge in [-0.2, -0.15) is 23.5 Å². The van der Waals surface area contributed by atoms with E-state index in [4.69, 9.17) is 10.5 Å². The van der Waals surface area contributed by atoms with Gasteiger partial charge in [-0.05, 0) is 31.9 Å². The minimum atomic E-state index is 0.0287. The van der Waals surface area contributed by atoms with E-state index in [1.54, 1.807) is 6.20 Å². The van der Waals surface area contributed by atoms with Gasteiger partial charge in [0.05, 0.1) is 12.3 Å². The molecule has 3 nitrogen and oxygen atoms in total. The van der Waals surface area contributed by atoms with Crippen molar-refractivity contribution in [1.29, 1.82) is 0 Å². The molecular weight excluding hydrogens is 288 g/mol. The SMILES string of the molecule is CCC1SCCSC1C(N)c1cncc(OC(C)C)c1. The Morgan fingerprint density at radius 2 is 2.10 bits per heavy atom. The molecule has 5 heteroatoms. The molecular formula is C15H24N2OS2. The highest BCUT2D eigenvalue weighted by atomic mass is 32.2. The van der Waals surface area contributed by atoms with E-state index in [0.717, 1.165) is 11.3 Å². The summed E-state index contributed by atoms with van der Waals surface area (Å²) in [6.45, 7) is 6.29. The van der Waals surface area contributed by atoms with Crippen LogP contribution in [0.4, 0.5) is 0 Å². The standard InChI is InChI=1S/C15H24N2OS2/c1-4-13-15(20-6-5-19-13)14(16)11-7-12(9-17-8-11)18-10(2)3/h7-10,13-15H,4-6,16H2,1-3H3. The summed E-state index contributed by atoms with van der Waals surface area (Å²) < 4.78 is 5.72. The van der Waals surface area contributed by atoms with E-state index in [9.17, 15) is 0 Å². The van der Waals surface area contributed by atoms with Gasteiger partial charge in [-0.15, -0.1) is 0 Å². The van der Waals surface area contributed by atoms with Gasteiger partial charge in [-0.25, -0.2) is 0 Å². The normalized spacial score (nSPS) is 24.6. The Morgan fingerprint density at radius 3 is 2.80 bits per heavy atom. The molecule has 1 aromatic heterocycles. The van der Waals surface area contributed by atoms with Gasteiger partial charge >= 0.3 is 0 Å². The smallest absolute Gasteiger partial charge is 0.138 e. The lowest BCUT2D eigenvalue weighted by Crippen LogP contribution is -2.35. The van der Waals surface area contributed by atoms with Gasteiger partial charge in [-0.3, -0.25) is 4.98 Å². The van der Waals surface area contributed by atoms with E-state index in [2.05, 4.69) is 23.7 Å². The van der Waals surface area contributed by atoms with Gasteiger partial charge in [0.25, 0.3) is 0 Å². The molecule has 1 aliphatic heterocycles. The zero-order chi connectivity index (χ0) is 14.5. The van der Waals surface area contributed by atoms with Crippen LogP contribution in [-0.4, -0.2) is 33.1 Å². The van der Waals surface area contributed by atoms with E-state index in [-0.39, 0.29) is 12.1 Å². The summed E-state index contributed by atoms with van der Waals surface area (Å²) >= 11 is 4.06. The molecule has 1 fully saturated rings. The number of nitrogens with two attached hydrogens (primary N) is 1. The molecule has 1 saturated heterocycles. The van der Waals surface area contributed by atoms with Crippen LogP contribution in [0.1, 0.15) is 38.8 Å². The fourth-order valence-electron chi connectivity index (χ4n) is 2.42. The number of nitrogens with zero attached hydrogens (tertiary/aromatic N) is 1. The first kappa shape index (κ1) is 16.0. The van der Waals surface area contributed by atoms with E-state index in [1.165, 1.54) is 17.9 Å². The molecule has 0 radical (unpaired) electrons. The topological polar surface area (TPSA) is 48.1 Å². The summed E-state index contributed by atoms with van der Waals surface area (Å²) in [5, 5.41) is 1.10. The molecule has 1 aromatic rings. The number of pyridine rings is 1. The Balaban J connectivity index is 2.12. The van der Waals surface area contributed by atoms with Crippen LogP contribution < -0.4 is 10.5 Å². The lowest BCUT2D eigenvalue weighted by Gasteiger charge is -2.34. The van der Waals surface area contributed by atoms with Crippen molar-refractivity contribution >= 4 is 23.5 Å². The molecule has 0 bridgehead atoms. The van der Waals surface area contributed by atoms with Crippen LogP contribution in [0.15, 0.2) is 18.5 Å². The molecule has 0 spiro atoms. The van der Waals surface area contributed by atoms with Crippen molar-refractivity contribution < 1.29 is 4.74 Å². The molecule has 2 N–H and O–H groups in total. The Bertz CT molecular complexity index is 428. The molecule has 0 amide bonds. The molecule has 0 aliphatic carbocycles. The molecule has 112 valence electrons. The Morgan fingerprint density at radius 1 is 1.35 bits per heavy atom. The van der Waals surface area contributed by atoms with Crippen molar-refractivity contribution in [2.75, 3.05) is 11.5 Å². The Hall–Kier alpha value is -0.390. The zero-order valence-electron chi connectivity index (χ0n) is 12.4. The lowest BCUT2D eigenvalue weighted by molar-refractivity contribution is 0.241. The maximum atomic E-state index is 6.51. The minimum Gasteiger partial charge on any atom is -0.489 e. The van der Waals surface area contributed by atoms with E-state index in [0.29, 0.717) is 10.5 Å². The van der Waals surface area contributed by atoms with Crippen LogP contribution in [0, 0.1) is 0 Å². The molecule has 3 unspecified atom stereocenters. The van der Waals surface area contributed by atoms with E-state index >= 15 is 0 Å². The zero-order valence-corrected chi connectivity index (χ0v) is 14.0. The van der Waals surface area contributed by atoms with Crippen molar-refractivity contribution in [2.24, 2.45) is 5.73 Å². The van der Waals surface area contributed by atoms with Crippen molar-refractivity contribution in [3.8, 4) is 5.75 Å². The third-order valence-electron chi connectivity index (χ3n) is 3.34. The fraction of sp³-hybridized carbons (Fsp3) is 0.667. The van der Waals surface area contributed by atoms with Crippen LogP contribution in [0.25, 0.3) is 0 Å². The molecule has 3 atom stereocenters. The number of aromatic nitrogens is 1. The summed E-state index contributed by atoms with van der Waals surface area (Å²) in [5.74, 6) is 3.24. The lowest BCUT2D eigenvalue weighted by atomic mass is 10.0. The number of rotatable bonds is 5. The van der Waals surface area contributed by atoms with Crippen molar-refractivity contribution in [3.63, 3.8) is 0 Å². The van der Waals surface area contributed by atoms with E-state index in [1.807, 2.05) is 37.9 Å². The second-order valence-corrected chi connectivity index (χ2v) is 7.93. The third-order valence-corrected chi connectivity index (χ3v) is 6.71. The predicted octanol–water partition coefficient (Wildman–Crippen LogP) is 3.50. The first-order valence-electron chi connectivity index (χ1n) is 7.22. The average molecular weight is 313 g/mol. The highest BCUT2D eigenvalue weighted by Gasteiger charge is 2.31. The summed E-state index contributed by atoms with van der Waals surface area (Å²) in [4.78, 5) is 4.28. The highest BCUT2D eigenvalue weighted by Crippen LogP contribution is 2.39. The van der Waals surface area contributed by atoms with Gasteiger partial charge in [0, 0.05) is 34.2 Å². The first-order chi connectivity index (χ1) is 9.61. The summed E-state index contributed by atoms with van der Waals surface area (Å²) in [5.41, 5.74) is 7.59. The Kier molecular flexibility index (Phi) is 6.05. The van der Waals surface area contributed by atoms with Crippen LogP contribution in [0.5, 0.6) is 5.75 Å². The van der Waals surface area contributed by atoms with Crippen molar-refractivity contribution in [3.05, 3.63) is 24.0 Å². The minimum absolute atomic E-state index is 0.0287.